The van der Waals surface area contributed by atoms with Crippen LogP contribution in [0.1, 0.15) is 23.5 Å². The smallest absolute Gasteiger partial charge is 0.0897 e. The fourth-order valence-electron chi connectivity index (χ4n) is 2.91. The third kappa shape index (κ3) is 1.96. The van der Waals surface area contributed by atoms with Gasteiger partial charge in [-0.05, 0) is 29.7 Å². The Morgan fingerprint density at radius 1 is 1.05 bits per heavy atom. The molecule has 2 nitrogen and oxygen atoms in total. The van der Waals surface area contributed by atoms with E-state index in [9.17, 15) is 5.26 Å². The van der Waals surface area contributed by atoms with Crippen LogP contribution < -0.4 is 4.90 Å². The first-order valence-corrected chi connectivity index (χ1v) is 6.91. The number of nitriles is 1. The van der Waals surface area contributed by atoms with Gasteiger partial charge in [0.15, 0.2) is 0 Å². The van der Waals surface area contributed by atoms with E-state index in [0.717, 1.165) is 12.0 Å². The number of anilines is 1. The third-order valence-electron chi connectivity index (χ3n) is 4.26. The van der Waals surface area contributed by atoms with Crippen molar-refractivity contribution in [2.75, 3.05) is 19.0 Å². The SMILES string of the molecule is CN(C)c1ccc([C@@H]2C[C@@]2(C#N)c2ccccc2)cc1. The van der Waals surface area contributed by atoms with E-state index in [1.165, 1.54) is 11.3 Å². The molecule has 0 aromatic heterocycles. The van der Waals surface area contributed by atoms with Gasteiger partial charge in [0.1, 0.15) is 0 Å². The van der Waals surface area contributed by atoms with Gasteiger partial charge in [0, 0.05) is 25.7 Å². The Morgan fingerprint density at radius 2 is 1.70 bits per heavy atom. The van der Waals surface area contributed by atoms with Crippen LogP contribution in [0.5, 0.6) is 0 Å². The normalized spacial score (nSPS) is 23.9. The summed E-state index contributed by atoms with van der Waals surface area (Å²) in [5.74, 6) is 0.325. The molecule has 0 spiro atoms. The molecule has 20 heavy (non-hydrogen) atoms. The molecule has 2 aromatic rings. The summed E-state index contributed by atoms with van der Waals surface area (Å²) in [5, 5.41) is 9.63. The van der Waals surface area contributed by atoms with Crippen LogP contribution in [-0.2, 0) is 5.41 Å². The van der Waals surface area contributed by atoms with Crippen LogP contribution in [-0.4, -0.2) is 14.1 Å². The zero-order valence-corrected chi connectivity index (χ0v) is 11.9. The molecule has 0 heterocycles. The van der Waals surface area contributed by atoms with E-state index >= 15 is 0 Å². The Hall–Kier alpha value is -2.27. The summed E-state index contributed by atoms with van der Waals surface area (Å²) in [6.07, 6.45) is 0.925. The van der Waals surface area contributed by atoms with Crippen LogP contribution in [0.25, 0.3) is 0 Å². The van der Waals surface area contributed by atoms with Crippen molar-refractivity contribution in [3.05, 3.63) is 65.7 Å². The highest BCUT2D eigenvalue weighted by atomic mass is 15.1. The first-order valence-electron chi connectivity index (χ1n) is 6.91. The van der Waals surface area contributed by atoms with E-state index in [0.29, 0.717) is 5.92 Å². The van der Waals surface area contributed by atoms with E-state index in [2.05, 4.69) is 47.4 Å². The van der Waals surface area contributed by atoms with Gasteiger partial charge in [-0.25, -0.2) is 0 Å². The highest BCUT2D eigenvalue weighted by Gasteiger charge is 2.56. The van der Waals surface area contributed by atoms with Crippen molar-refractivity contribution in [1.29, 1.82) is 5.26 Å². The van der Waals surface area contributed by atoms with E-state index in [4.69, 9.17) is 0 Å². The topological polar surface area (TPSA) is 27.0 Å². The molecule has 1 fully saturated rings. The molecule has 2 atom stereocenters. The minimum Gasteiger partial charge on any atom is -0.378 e. The average Bonchev–Trinajstić information content (AvgIpc) is 3.24. The lowest BCUT2D eigenvalue weighted by molar-refractivity contribution is 0.856. The van der Waals surface area contributed by atoms with Gasteiger partial charge in [-0.3, -0.25) is 0 Å². The third-order valence-corrected chi connectivity index (χ3v) is 4.26. The molecular weight excluding hydrogens is 244 g/mol. The van der Waals surface area contributed by atoms with Gasteiger partial charge in [-0.15, -0.1) is 0 Å². The fraction of sp³-hybridized carbons (Fsp3) is 0.278. The van der Waals surface area contributed by atoms with Gasteiger partial charge in [0.25, 0.3) is 0 Å². The minimum atomic E-state index is -0.319. The van der Waals surface area contributed by atoms with Gasteiger partial charge < -0.3 is 4.90 Å². The zero-order valence-electron chi connectivity index (χ0n) is 11.9. The molecule has 1 aliphatic rings. The molecule has 1 saturated carbocycles. The molecule has 0 saturated heterocycles. The van der Waals surface area contributed by atoms with Crippen LogP contribution in [0.15, 0.2) is 54.6 Å². The molecule has 0 radical (unpaired) electrons. The summed E-state index contributed by atoms with van der Waals surface area (Å²) in [4.78, 5) is 2.09. The van der Waals surface area contributed by atoms with E-state index in [1.807, 2.05) is 32.3 Å². The lowest BCUT2D eigenvalue weighted by Gasteiger charge is -2.13. The van der Waals surface area contributed by atoms with Crippen molar-refractivity contribution in [2.45, 2.75) is 17.8 Å². The van der Waals surface area contributed by atoms with Crippen molar-refractivity contribution >= 4 is 5.69 Å². The van der Waals surface area contributed by atoms with E-state index in [1.54, 1.807) is 0 Å². The molecule has 1 aliphatic carbocycles. The Balaban J connectivity index is 1.89. The standard InChI is InChI=1S/C18H18N2/c1-20(2)16-10-8-14(9-11-16)17-12-18(17,13-19)15-6-4-3-5-7-15/h3-11,17H,12H2,1-2H3/t17-,18+/m0/s1. The molecule has 0 N–H and O–H groups in total. The Labute approximate surface area is 120 Å². The van der Waals surface area contributed by atoms with Crippen LogP contribution in [0.3, 0.4) is 0 Å². The molecule has 100 valence electrons. The van der Waals surface area contributed by atoms with Gasteiger partial charge >= 0.3 is 0 Å². The molecule has 0 aliphatic heterocycles. The van der Waals surface area contributed by atoms with Gasteiger partial charge in [0.05, 0.1) is 11.5 Å². The lowest BCUT2D eigenvalue weighted by atomic mass is 9.92. The Bertz CT molecular complexity index is 637. The van der Waals surface area contributed by atoms with E-state index < -0.39 is 0 Å². The lowest BCUT2D eigenvalue weighted by Crippen LogP contribution is -2.09. The average molecular weight is 262 g/mol. The second kappa shape index (κ2) is 4.68. The number of benzene rings is 2. The summed E-state index contributed by atoms with van der Waals surface area (Å²) in [6, 6.07) is 21.3. The van der Waals surface area contributed by atoms with E-state index in [-0.39, 0.29) is 5.41 Å². The van der Waals surface area contributed by atoms with Crippen molar-refractivity contribution in [1.82, 2.24) is 0 Å². The molecule has 2 aromatic carbocycles. The number of hydrogen-bond donors (Lipinski definition) is 0. The fourth-order valence-corrected chi connectivity index (χ4v) is 2.91. The highest BCUT2D eigenvalue weighted by molar-refractivity contribution is 5.53. The second-order valence-corrected chi connectivity index (χ2v) is 5.69. The van der Waals surface area contributed by atoms with Crippen LogP contribution >= 0.6 is 0 Å². The van der Waals surface area contributed by atoms with Gasteiger partial charge in [-0.1, -0.05) is 42.5 Å². The maximum absolute atomic E-state index is 9.63. The second-order valence-electron chi connectivity index (χ2n) is 5.69. The molecule has 0 bridgehead atoms. The monoisotopic (exact) mass is 262 g/mol. The first kappa shape index (κ1) is 12.7. The Kier molecular flexibility index (Phi) is 2.99. The first-order chi connectivity index (χ1) is 9.67. The number of rotatable bonds is 3. The molecule has 2 heteroatoms. The zero-order chi connectivity index (χ0) is 14.2. The summed E-state index contributed by atoms with van der Waals surface area (Å²) in [7, 11) is 4.07. The molecule has 0 amide bonds. The van der Waals surface area contributed by atoms with Crippen molar-refractivity contribution in [3.63, 3.8) is 0 Å². The quantitative estimate of drug-likeness (QED) is 0.843. The minimum absolute atomic E-state index is 0.319. The van der Waals surface area contributed by atoms with Crippen molar-refractivity contribution in [3.8, 4) is 6.07 Å². The van der Waals surface area contributed by atoms with Crippen molar-refractivity contribution in [2.24, 2.45) is 0 Å². The van der Waals surface area contributed by atoms with Gasteiger partial charge in [0.2, 0.25) is 0 Å². The molecular formula is C18H18N2. The van der Waals surface area contributed by atoms with Gasteiger partial charge in [-0.2, -0.15) is 5.26 Å². The Morgan fingerprint density at radius 3 is 2.25 bits per heavy atom. The number of hydrogen-bond acceptors (Lipinski definition) is 2. The maximum Gasteiger partial charge on any atom is 0.0897 e. The summed E-state index contributed by atoms with van der Waals surface area (Å²) in [5.41, 5.74) is 3.28. The van der Waals surface area contributed by atoms with Crippen LogP contribution in [0, 0.1) is 11.3 Å². The maximum atomic E-state index is 9.63. The number of nitrogens with zero attached hydrogens (tertiary/aromatic N) is 2. The summed E-state index contributed by atoms with van der Waals surface area (Å²) < 4.78 is 0. The van der Waals surface area contributed by atoms with Crippen LogP contribution in [0.4, 0.5) is 5.69 Å². The summed E-state index contributed by atoms with van der Waals surface area (Å²) >= 11 is 0. The summed E-state index contributed by atoms with van der Waals surface area (Å²) in [6.45, 7) is 0. The van der Waals surface area contributed by atoms with Crippen LogP contribution in [0.2, 0.25) is 0 Å². The largest absolute Gasteiger partial charge is 0.378 e. The predicted octanol–water partition coefficient (Wildman–Crippen LogP) is 3.70. The molecule has 0 unspecified atom stereocenters. The highest BCUT2D eigenvalue weighted by Crippen LogP contribution is 2.60. The van der Waals surface area contributed by atoms with Crippen molar-refractivity contribution < 1.29 is 0 Å². The predicted molar refractivity (Wildman–Crippen MR) is 81.9 cm³/mol. The molecule has 3 rings (SSSR count).